The summed E-state index contributed by atoms with van der Waals surface area (Å²) in [6.07, 6.45) is -4.82. The second-order valence-corrected chi connectivity index (χ2v) is 51.7. The van der Waals surface area contributed by atoms with Gasteiger partial charge < -0.3 is 76.3 Å². The molecule has 3 aromatic rings. The normalized spacial score (nSPS) is 31.4. The number of nitrogen functional groups attached to an aromatic ring is 2. The van der Waals surface area contributed by atoms with Crippen molar-refractivity contribution in [2.24, 2.45) is 0 Å². The lowest BCUT2D eigenvalue weighted by Gasteiger charge is -2.46. The molecule has 7 fully saturated rings. The highest BCUT2D eigenvalue weighted by atomic mass is 31.2. The molecule has 4 N–H and O–H groups in total. The first-order valence-electron chi connectivity index (χ1n) is 40.3. The Bertz CT molecular complexity index is 4260. The Hall–Kier alpha value is -2.48. The van der Waals surface area contributed by atoms with Crippen LogP contribution >= 0.6 is 53.5 Å². The molecule has 7 aliphatic rings. The predicted molar refractivity (Wildman–Crippen MR) is 450 cm³/mol. The van der Waals surface area contributed by atoms with Crippen LogP contribution in [0.1, 0.15) is 67.8 Å². The summed E-state index contributed by atoms with van der Waals surface area (Å²) in [7, 11) is -3.90. The topological polar surface area (TPSA) is 425 Å². The highest BCUT2D eigenvalue weighted by Gasteiger charge is 2.52. The van der Waals surface area contributed by atoms with Gasteiger partial charge in [-0.3, -0.25) is 46.0 Å². The zero-order valence-corrected chi connectivity index (χ0v) is 79.5. The number of imidazole rings is 1. The molecule has 3 aromatic heterocycles. The lowest BCUT2D eigenvalue weighted by Crippen LogP contribution is -2.52. The number of morpholine rings is 7. The number of nitrogens with zero attached hydrogens (tertiary/aromatic N) is 20. The molecule has 119 heavy (non-hydrogen) atoms. The van der Waals surface area contributed by atoms with E-state index in [-0.39, 0.29) is 155 Å². The van der Waals surface area contributed by atoms with E-state index in [2.05, 4.69) is 38.7 Å². The summed E-state index contributed by atoms with van der Waals surface area (Å²) in [6.45, 7) is 16.2. The predicted octanol–water partition coefficient (Wildman–Crippen LogP) is 5.41. The summed E-state index contributed by atoms with van der Waals surface area (Å²) in [5.74, 6) is 0.0875. The number of rotatable bonds is 38. The largest absolute Gasteiger partial charge is 0.383 e. The molecule has 0 aliphatic carbocycles. The van der Waals surface area contributed by atoms with Crippen LogP contribution in [0, 0.1) is 0 Å². The second kappa shape index (κ2) is 41.3. The third kappa shape index (κ3) is 23.3. The van der Waals surface area contributed by atoms with E-state index < -0.39 is 127 Å². The number of aromatic nitrogens is 6. The van der Waals surface area contributed by atoms with E-state index in [9.17, 15) is 9.36 Å². The smallest absolute Gasteiger partial charge is 0.351 e. The lowest BCUT2D eigenvalue weighted by molar-refractivity contribution is -0.123. The minimum atomic E-state index is -4.21. The number of fused-ring (bicyclic) bond motifs is 1. The Labute approximate surface area is 701 Å². The van der Waals surface area contributed by atoms with E-state index in [0.29, 0.717) is 29.9 Å². The first-order valence-corrected chi connectivity index (χ1v) is 51.3. The van der Waals surface area contributed by atoms with Crippen molar-refractivity contribution in [3.63, 3.8) is 0 Å². The molecule has 682 valence electrons. The molecule has 7 aliphatic heterocycles. The van der Waals surface area contributed by atoms with Crippen molar-refractivity contribution in [1.29, 1.82) is 0 Å². The van der Waals surface area contributed by atoms with E-state index in [1.807, 2.05) is 27.7 Å². The Morgan fingerprint density at radius 1 is 0.403 bits per heavy atom. The van der Waals surface area contributed by atoms with Crippen LogP contribution in [0.25, 0.3) is 11.2 Å². The molecule has 0 amide bonds. The van der Waals surface area contributed by atoms with Crippen molar-refractivity contribution < 1.29 is 96.8 Å². The van der Waals surface area contributed by atoms with Gasteiger partial charge in [-0.1, -0.05) is 6.92 Å². The molecule has 21 atom stereocenters. The van der Waals surface area contributed by atoms with Crippen LogP contribution in [-0.4, -0.2) is 417 Å². The van der Waals surface area contributed by atoms with Crippen LogP contribution in [-0.2, 0) is 96.8 Å². The van der Waals surface area contributed by atoms with Crippen molar-refractivity contribution in [3.8, 4) is 0 Å². The minimum absolute atomic E-state index is 0.00380. The Balaban J connectivity index is 0.825. The molecule has 10 rings (SSSR count). The lowest BCUT2D eigenvalue weighted by atomic mass is 10.2. The van der Waals surface area contributed by atoms with Crippen molar-refractivity contribution in [2.45, 2.75) is 147 Å². The van der Waals surface area contributed by atoms with Crippen LogP contribution < -0.4 is 17.2 Å². The summed E-state index contributed by atoms with van der Waals surface area (Å²) >= 11 is 0. The summed E-state index contributed by atoms with van der Waals surface area (Å²) < 4.78 is 221. The standard InChI is InChI=1S/C68H133N22O22P7/c1-23-113(92,75(9)10)99-40-56-32-83(27-51(5)107-56)115(94,77(13)14)101-42-57-33-85(29-53(7)108-57)116(95,78(15)16)104-45-60-36-87(38-63(111-60)89-25-24-62(69)74-68(89)91)118(97,80(19)20)102-43-59-35-86(30-54(8)110-59)117(96,79(17)18)105-46-61-37-88(39-64(112-61)90-48-73-65-66(70)71-47-72-67(65)90)119(98,81(21)22)103-44-58-34-84(28-52(6)109-58)114(93,76(11)12)100-41-55-31-82(49(2)3)26-50(4)106-55/h24-25,47-61,63-64H,23,26-46H2,1-22H3,(H2,69,74,91)(H2,70,71,72)/t50-,51-,52-,53-,54-,55-,56-,57-,58-,59-,60-,61-,63+,64+,113?,114?,115?,116?,117?,118?,119?/m0/s1. The quantitative estimate of drug-likeness (QED) is 0.0677. The fraction of sp³-hybridized carbons (Fsp3) is 0.868. The molecule has 7 saturated heterocycles. The SMILES string of the molecule is CCP(=O)(OC[C@@H]1CN(P(=O)(OC[C@@H]2CN(P(=O)(OC[C@@H]3CN(P(=O)(OC[C@@H]4CN(P(=O)(OC[C@@H]5CN(P(=O)(OC[C@@H]6CN(P(=O)(OC[C@@H]7CN(C(C)C)C[C@H](C)O7)N(C)C)C[C@H](C)O6)N(C)C)C[C@H](n6cnc7c(N)ncnc76)O5)N(C)C)C[C@H](C)O4)N(C)C)C[C@H](n4ccc(N)nc4=O)O3)N(C)C)C[C@H](C)O2)N(C)C)C[C@H](C)O1)N(C)C. The Morgan fingerprint density at radius 2 is 0.706 bits per heavy atom. The number of nitrogens with two attached hydrogens (primary N) is 2. The average Bonchev–Trinajstić information content (AvgIpc) is 1.74. The van der Waals surface area contributed by atoms with Crippen LogP contribution in [0.4, 0.5) is 11.6 Å². The molecule has 10 heterocycles. The molecule has 51 heteroatoms. The van der Waals surface area contributed by atoms with Gasteiger partial charge in [-0.05, 0) is 153 Å². The molecule has 0 aromatic carbocycles. The Kier molecular flexibility index (Phi) is 34.3. The fourth-order valence-electron chi connectivity index (χ4n) is 15.6. The van der Waals surface area contributed by atoms with Crippen LogP contribution in [0.15, 0.2) is 29.7 Å². The highest BCUT2D eigenvalue weighted by Crippen LogP contribution is 2.62. The van der Waals surface area contributed by atoms with Gasteiger partial charge >= 0.3 is 51.7 Å². The number of anilines is 2. The third-order valence-corrected chi connectivity index (χ3v) is 39.5. The molecule has 0 saturated carbocycles. The van der Waals surface area contributed by atoms with Gasteiger partial charge in [0, 0.05) is 96.9 Å². The zero-order chi connectivity index (χ0) is 87.4. The molecular weight excluding hydrogens is 1690 g/mol. The number of hydrogen-bond donors (Lipinski definition) is 2. The summed E-state index contributed by atoms with van der Waals surface area (Å²) in [5, 5.41) is 0. The van der Waals surface area contributed by atoms with Gasteiger partial charge in [0.15, 0.2) is 17.7 Å². The Morgan fingerprint density at radius 3 is 1.02 bits per heavy atom. The molecule has 0 radical (unpaired) electrons. The van der Waals surface area contributed by atoms with Gasteiger partial charge in [-0.2, -0.15) is 4.98 Å². The van der Waals surface area contributed by atoms with Crippen LogP contribution in [0.5, 0.6) is 0 Å². The van der Waals surface area contributed by atoms with Crippen molar-refractivity contribution in [2.75, 3.05) is 254 Å². The average molecular weight is 1830 g/mol. The monoisotopic (exact) mass is 1830 g/mol. The summed E-state index contributed by atoms with van der Waals surface area (Å²) in [5.41, 5.74) is 12.2. The molecule has 44 nitrogen and oxygen atoms in total. The van der Waals surface area contributed by atoms with Crippen molar-refractivity contribution in [3.05, 3.63) is 35.4 Å². The maximum atomic E-state index is 16.0. The van der Waals surface area contributed by atoms with E-state index in [1.54, 1.807) is 154 Å². The van der Waals surface area contributed by atoms with Crippen LogP contribution in [0.3, 0.4) is 0 Å². The van der Waals surface area contributed by atoms with E-state index in [1.165, 1.54) is 52.8 Å². The molecular formula is C68H133N22O22P7. The second-order valence-electron chi connectivity index (χ2n) is 33.1. The molecule has 0 bridgehead atoms. The van der Waals surface area contributed by atoms with E-state index in [4.69, 9.17) is 76.3 Å². The van der Waals surface area contributed by atoms with Gasteiger partial charge in [0.2, 0.25) is 0 Å². The number of ether oxygens (including phenoxy) is 7. The van der Waals surface area contributed by atoms with Gasteiger partial charge in [-0.25, -0.2) is 80.5 Å². The minimum Gasteiger partial charge on any atom is -0.383 e. The maximum absolute atomic E-state index is 16.0. The zero-order valence-electron chi connectivity index (χ0n) is 73.2. The fourth-order valence-corrected chi connectivity index (χ4v) is 29.3. The number of hydrogen-bond acceptors (Lipinski definition) is 29. The van der Waals surface area contributed by atoms with Crippen molar-refractivity contribution >= 4 is 76.3 Å². The van der Waals surface area contributed by atoms with Crippen LogP contribution in [0.2, 0.25) is 0 Å². The van der Waals surface area contributed by atoms with Gasteiger partial charge in [-0.15, -0.1) is 0 Å². The van der Waals surface area contributed by atoms with E-state index in [0.717, 1.165) is 6.54 Å². The summed E-state index contributed by atoms with van der Waals surface area (Å²) in [4.78, 5) is 33.2. The summed E-state index contributed by atoms with van der Waals surface area (Å²) in [6, 6.07) is 1.72. The first-order chi connectivity index (χ1) is 55.7. The molecule has 7 unspecified atom stereocenters. The maximum Gasteiger partial charge on any atom is 0.351 e. The van der Waals surface area contributed by atoms with Gasteiger partial charge in [0.05, 0.1) is 139 Å². The van der Waals surface area contributed by atoms with Gasteiger partial charge in [0.25, 0.3) is 7.52 Å². The molecule has 0 spiro atoms. The van der Waals surface area contributed by atoms with E-state index >= 15 is 27.4 Å². The van der Waals surface area contributed by atoms with Crippen molar-refractivity contribution in [1.82, 2.24) is 94.7 Å². The third-order valence-electron chi connectivity index (χ3n) is 21.7. The highest BCUT2D eigenvalue weighted by molar-refractivity contribution is 7.56. The first kappa shape index (κ1) is 98.7. The van der Waals surface area contributed by atoms with Gasteiger partial charge in [0.1, 0.15) is 23.9 Å².